The predicted octanol–water partition coefficient (Wildman–Crippen LogP) is 2.47. The Kier molecular flexibility index (Phi) is 8.33. The van der Waals surface area contributed by atoms with Gasteiger partial charge in [0.25, 0.3) is 5.56 Å². The number of hydrogen-bond donors (Lipinski definition) is 2. The second-order valence-electron chi connectivity index (χ2n) is 7.53. The Bertz CT molecular complexity index is 890. The summed E-state index contributed by atoms with van der Waals surface area (Å²) in [4.78, 5) is 35.1. The molecular weight excluding hydrogens is 394 g/mol. The SMILES string of the molecule is CCOC(=O)c1sc2nc(CN(CC(O)COC(C)C)C(C)C)[nH]c(=O)c2c1C. The molecule has 2 aromatic heterocycles. The topological polar surface area (TPSA) is 105 Å². The standard InChI is InChI=1S/C20H31N3O5S/c1-7-27-20(26)17-13(6)16-18(25)21-15(22-19(16)29-17)9-23(11(2)3)8-14(24)10-28-12(4)5/h11-12,14,24H,7-10H2,1-6H3,(H,21,22,25). The number of ether oxygens (including phenoxy) is 2. The van der Waals surface area contributed by atoms with E-state index in [4.69, 9.17) is 9.47 Å². The lowest BCUT2D eigenvalue weighted by Gasteiger charge is -2.28. The van der Waals surface area contributed by atoms with Crippen molar-refractivity contribution in [1.29, 1.82) is 0 Å². The zero-order valence-corrected chi connectivity index (χ0v) is 18.8. The van der Waals surface area contributed by atoms with E-state index in [0.29, 0.717) is 39.6 Å². The van der Waals surface area contributed by atoms with Gasteiger partial charge in [-0.15, -0.1) is 11.3 Å². The van der Waals surface area contributed by atoms with Gasteiger partial charge in [-0.2, -0.15) is 0 Å². The van der Waals surface area contributed by atoms with Crippen molar-refractivity contribution in [2.75, 3.05) is 19.8 Å². The molecule has 29 heavy (non-hydrogen) atoms. The number of carbonyl (C=O) groups is 1. The molecule has 1 atom stereocenters. The molecule has 162 valence electrons. The number of H-pyrrole nitrogens is 1. The minimum absolute atomic E-state index is 0.0493. The Balaban J connectivity index is 2.25. The van der Waals surface area contributed by atoms with Crippen LogP contribution in [0.4, 0.5) is 0 Å². The van der Waals surface area contributed by atoms with Crippen LogP contribution in [0.1, 0.15) is 55.7 Å². The summed E-state index contributed by atoms with van der Waals surface area (Å²) in [5, 5.41) is 10.7. The fourth-order valence-corrected chi connectivity index (χ4v) is 4.03. The highest BCUT2D eigenvalue weighted by atomic mass is 32.1. The first-order valence-corrected chi connectivity index (χ1v) is 10.7. The van der Waals surface area contributed by atoms with Crippen molar-refractivity contribution in [2.24, 2.45) is 0 Å². The van der Waals surface area contributed by atoms with E-state index in [1.54, 1.807) is 13.8 Å². The predicted molar refractivity (Wildman–Crippen MR) is 114 cm³/mol. The summed E-state index contributed by atoms with van der Waals surface area (Å²) < 4.78 is 10.5. The van der Waals surface area contributed by atoms with Gasteiger partial charge in [0.2, 0.25) is 0 Å². The van der Waals surface area contributed by atoms with Crippen LogP contribution in [0.5, 0.6) is 0 Å². The maximum Gasteiger partial charge on any atom is 0.348 e. The number of carbonyl (C=O) groups excluding carboxylic acids is 1. The number of aryl methyl sites for hydroxylation is 1. The summed E-state index contributed by atoms with van der Waals surface area (Å²) in [5.41, 5.74) is 0.312. The molecule has 2 aromatic rings. The Labute approximate surface area is 174 Å². The van der Waals surface area contributed by atoms with Gasteiger partial charge >= 0.3 is 5.97 Å². The van der Waals surface area contributed by atoms with Crippen LogP contribution >= 0.6 is 11.3 Å². The molecule has 0 aromatic carbocycles. The molecule has 0 amide bonds. The van der Waals surface area contributed by atoms with Gasteiger partial charge in [0.05, 0.1) is 37.4 Å². The number of thiophene rings is 1. The molecule has 8 nitrogen and oxygen atoms in total. The summed E-state index contributed by atoms with van der Waals surface area (Å²) in [6.07, 6.45) is -0.595. The van der Waals surface area contributed by atoms with Crippen molar-refractivity contribution in [3.8, 4) is 0 Å². The van der Waals surface area contributed by atoms with Gasteiger partial charge in [-0.25, -0.2) is 9.78 Å². The maximum absolute atomic E-state index is 12.6. The van der Waals surface area contributed by atoms with Crippen LogP contribution in [-0.4, -0.2) is 64.0 Å². The van der Waals surface area contributed by atoms with E-state index in [2.05, 4.69) is 9.97 Å². The molecular formula is C20H31N3O5S. The third-order valence-electron chi connectivity index (χ3n) is 4.46. The van der Waals surface area contributed by atoms with Crippen LogP contribution in [0.2, 0.25) is 0 Å². The van der Waals surface area contributed by atoms with Crippen LogP contribution in [0.15, 0.2) is 4.79 Å². The fraction of sp³-hybridized carbons (Fsp3) is 0.650. The molecule has 2 rings (SSSR count). The average molecular weight is 426 g/mol. The number of aliphatic hydroxyl groups excluding tert-OH is 1. The summed E-state index contributed by atoms with van der Waals surface area (Å²) in [5.74, 6) is 0.0517. The third kappa shape index (κ3) is 6.08. The number of nitrogens with zero attached hydrogens (tertiary/aromatic N) is 2. The van der Waals surface area contributed by atoms with E-state index >= 15 is 0 Å². The minimum Gasteiger partial charge on any atom is -0.462 e. The van der Waals surface area contributed by atoms with Crippen molar-refractivity contribution < 1.29 is 19.4 Å². The first-order chi connectivity index (χ1) is 13.6. The number of aromatic amines is 1. The highest BCUT2D eigenvalue weighted by molar-refractivity contribution is 7.20. The third-order valence-corrected chi connectivity index (χ3v) is 5.63. The van der Waals surface area contributed by atoms with Crippen molar-refractivity contribution in [3.63, 3.8) is 0 Å². The molecule has 0 fully saturated rings. The van der Waals surface area contributed by atoms with Crippen molar-refractivity contribution in [1.82, 2.24) is 14.9 Å². The number of esters is 1. The number of fused-ring (bicyclic) bond motifs is 1. The number of nitrogens with one attached hydrogen (secondary N) is 1. The van der Waals surface area contributed by atoms with Crippen LogP contribution in [0, 0.1) is 6.92 Å². The Morgan fingerprint density at radius 2 is 2.00 bits per heavy atom. The number of aromatic nitrogens is 2. The van der Waals surface area contributed by atoms with Crippen molar-refractivity contribution in [2.45, 2.75) is 66.3 Å². The summed E-state index contributed by atoms with van der Waals surface area (Å²) in [6, 6.07) is 0.130. The molecule has 0 saturated carbocycles. The van der Waals surface area contributed by atoms with E-state index < -0.39 is 12.1 Å². The molecule has 2 N–H and O–H groups in total. The second kappa shape index (κ2) is 10.3. The lowest BCUT2D eigenvalue weighted by molar-refractivity contribution is -0.0140. The minimum atomic E-state index is -0.644. The van der Waals surface area contributed by atoms with Crippen LogP contribution < -0.4 is 5.56 Å². The Morgan fingerprint density at radius 1 is 1.31 bits per heavy atom. The van der Waals surface area contributed by atoms with Crippen molar-refractivity contribution >= 4 is 27.5 Å². The molecule has 9 heteroatoms. The smallest absolute Gasteiger partial charge is 0.348 e. The zero-order valence-electron chi connectivity index (χ0n) is 17.9. The highest BCUT2D eigenvalue weighted by Gasteiger charge is 2.22. The van der Waals surface area contributed by atoms with E-state index in [0.717, 1.165) is 0 Å². The van der Waals surface area contributed by atoms with Crippen molar-refractivity contribution in [3.05, 3.63) is 26.6 Å². The summed E-state index contributed by atoms with van der Waals surface area (Å²) in [7, 11) is 0. The highest BCUT2D eigenvalue weighted by Crippen LogP contribution is 2.27. The molecule has 2 heterocycles. The van der Waals surface area contributed by atoms with Crippen LogP contribution in [-0.2, 0) is 16.0 Å². The summed E-state index contributed by atoms with van der Waals surface area (Å²) >= 11 is 1.17. The maximum atomic E-state index is 12.6. The lowest BCUT2D eigenvalue weighted by atomic mass is 10.2. The molecule has 0 saturated heterocycles. The quantitative estimate of drug-likeness (QED) is 0.563. The molecule has 0 spiro atoms. The largest absolute Gasteiger partial charge is 0.462 e. The number of aliphatic hydroxyl groups is 1. The monoisotopic (exact) mass is 425 g/mol. The van der Waals surface area contributed by atoms with E-state index in [1.807, 2.05) is 32.6 Å². The van der Waals surface area contributed by atoms with Crippen LogP contribution in [0.25, 0.3) is 10.2 Å². The first-order valence-electron chi connectivity index (χ1n) is 9.87. The molecule has 1 unspecified atom stereocenters. The molecule has 0 radical (unpaired) electrons. The van der Waals surface area contributed by atoms with Gasteiger partial charge in [0.1, 0.15) is 15.5 Å². The molecule has 0 aliphatic heterocycles. The van der Waals surface area contributed by atoms with E-state index in [-0.39, 0.29) is 30.9 Å². The fourth-order valence-electron chi connectivity index (χ4n) is 2.93. The summed E-state index contributed by atoms with van der Waals surface area (Å²) in [6.45, 7) is 12.6. The van der Waals surface area contributed by atoms with Gasteiger partial charge in [-0.1, -0.05) is 0 Å². The van der Waals surface area contributed by atoms with Gasteiger partial charge < -0.3 is 19.6 Å². The molecule has 0 aliphatic carbocycles. The Hall–Kier alpha value is -1.81. The molecule has 0 aliphatic rings. The first kappa shape index (κ1) is 23.5. The van der Waals surface area contributed by atoms with Gasteiger partial charge in [-0.3, -0.25) is 9.69 Å². The lowest BCUT2D eigenvalue weighted by Crippen LogP contribution is -2.39. The van der Waals surface area contributed by atoms with Crippen LogP contribution in [0.3, 0.4) is 0 Å². The van der Waals surface area contributed by atoms with Gasteiger partial charge in [-0.05, 0) is 47.1 Å². The number of hydrogen-bond acceptors (Lipinski definition) is 8. The second-order valence-corrected chi connectivity index (χ2v) is 8.53. The normalized spacial score (nSPS) is 13.0. The zero-order chi connectivity index (χ0) is 21.7. The average Bonchev–Trinajstić information content (AvgIpc) is 2.96. The van der Waals surface area contributed by atoms with E-state index in [1.165, 1.54) is 11.3 Å². The Morgan fingerprint density at radius 3 is 2.59 bits per heavy atom. The van der Waals surface area contributed by atoms with E-state index in [9.17, 15) is 14.7 Å². The number of rotatable bonds is 10. The van der Waals surface area contributed by atoms with Gasteiger partial charge in [0.15, 0.2) is 0 Å². The van der Waals surface area contributed by atoms with Gasteiger partial charge in [0, 0.05) is 12.6 Å². The molecule has 0 bridgehead atoms.